The van der Waals surface area contributed by atoms with Crippen molar-refractivity contribution >= 4 is 16.7 Å². The van der Waals surface area contributed by atoms with E-state index in [1.165, 1.54) is 23.3 Å². The standard InChI is InChI=1S/C23H20FN5/c1-13-5-10-19(11-14(13)2)29-16(4)15(3)20-22(29)25-12-28-23(20)26-21(27-28)17-6-8-18(24)9-7-17/h5-12H,1-4H3. The zero-order valence-corrected chi connectivity index (χ0v) is 16.7. The molecular weight excluding hydrogens is 365 g/mol. The minimum absolute atomic E-state index is 0.279. The SMILES string of the molecule is Cc1ccc(-n2c(C)c(C)c3c2ncn2nc(-c4ccc(F)cc4)nc32)cc1C. The van der Waals surface area contributed by atoms with E-state index in [9.17, 15) is 4.39 Å². The Hall–Kier alpha value is -3.54. The lowest BCUT2D eigenvalue weighted by atomic mass is 10.1. The number of aryl methyl sites for hydroxylation is 3. The molecule has 0 aliphatic heterocycles. The highest BCUT2D eigenvalue weighted by Gasteiger charge is 2.19. The number of halogens is 1. The Bertz CT molecular complexity index is 1390. The average Bonchev–Trinajstić information content (AvgIpc) is 3.24. The molecule has 0 radical (unpaired) electrons. The first-order valence-corrected chi connectivity index (χ1v) is 9.50. The van der Waals surface area contributed by atoms with Gasteiger partial charge in [-0.3, -0.25) is 4.57 Å². The van der Waals surface area contributed by atoms with Crippen LogP contribution in [0.15, 0.2) is 48.8 Å². The summed E-state index contributed by atoms with van der Waals surface area (Å²) in [5.41, 5.74) is 8.20. The summed E-state index contributed by atoms with van der Waals surface area (Å²) in [5, 5.41) is 5.53. The normalized spacial score (nSPS) is 11.6. The van der Waals surface area contributed by atoms with Crippen LogP contribution in [0.25, 0.3) is 33.8 Å². The van der Waals surface area contributed by atoms with Crippen molar-refractivity contribution in [3.05, 3.63) is 77.0 Å². The number of nitrogens with zero attached hydrogens (tertiary/aromatic N) is 5. The van der Waals surface area contributed by atoms with Gasteiger partial charge in [0.2, 0.25) is 0 Å². The van der Waals surface area contributed by atoms with Crippen molar-refractivity contribution in [2.45, 2.75) is 27.7 Å². The summed E-state index contributed by atoms with van der Waals surface area (Å²) in [5.74, 6) is 0.272. The molecule has 0 aliphatic carbocycles. The van der Waals surface area contributed by atoms with Crippen LogP contribution in [0.5, 0.6) is 0 Å². The maximum Gasteiger partial charge on any atom is 0.182 e. The van der Waals surface area contributed by atoms with Crippen molar-refractivity contribution in [3.8, 4) is 17.1 Å². The first kappa shape index (κ1) is 17.6. The molecule has 6 heteroatoms. The summed E-state index contributed by atoms with van der Waals surface area (Å²) < 4.78 is 17.1. The average molecular weight is 385 g/mol. The predicted octanol–water partition coefficient (Wildman–Crippen LogP) is 5.11. The minimum Gasteiger partial charge on any atom is -0.298 e. The van der Waals surface area contributed by atoms with Crippen LogP contribution in [0.2, 0.25) is 0 Å². The molecule has 0 spiro atoms. The highest BCUT2D eigenvalue weighted by Crippen LogP contribution is 2.31. The molecule has 0 saturated carbocycles. The Morgan fingerprint density at radius 2 is 1.62 bits per heavy atom. The van der Waals surface area contributed by atoms with E-state index in [1.807, 2.05) is 0 Å². The lowest BCUT2D eigenvalue weighted by Gasteiger charge is -2.10. The topological polar surface area (TPSA) is 48.0 Å². The molecule has 0 atom stereocenters. The molecule has 5 aromatic rings. The molecule has 0 unspecified atom stereocenters. The van der Waals surface area contributed by atoms with Gasteiger partial charge >= 0.3 is 0 Å². The second-order valence-electron chi connectivity index (χ2n) is 7.47. The smallest absolute Gasteiger partial charge is 0.182 e. The van der Waals surface area contributed by atoms with Crippen LogP contribution in [-0.4, -0.2) is 24.1 Å². The predicted molar refractivity (Wildman–Crippen MR) is 112 cm³/mol. The first-order chi connectivity index (χ1) is 13.9. The molecule has 0 N–H and O–H groups in total. The minimum atomic E-state index is -0.279. The number of rotatable bonds is 2. The van der Waals surface area contributed by atoms with Crippen LogP contribution >= 0.6 is 0 Å². The van der Waals surface area contributed by atoms with E-state index in [-0.39, 0.29) is 5.82 Å². The number of hydrogen-bond donors (Lipinski definition) is 0. The van der Waals surface area contributed by atoms with E-state index in [1.54, 1.807) is 23.0 Å². The fourth-order valence-electron chi connectivity index (χ4n) is 3.76. The molecule has 0 amide bonds. The molecule has 29 heavy (non-hydrogen) atoms. The molecule has 0 saturated heterocycles. The third-order valence-corrected chi connectivity index (χ3v) is 5.68. The molecule has 144 valence electrons. The molecule has 5 rings (SSSR count). The number of benzene rings is 2. The van der Waals surface area contributed by atoms with E-state index >= 15 is 0 Å². The van der Waals surface area contributed by atoms with Gasteiger partial charge in [-0.1, -0.05) is 6.07 Å². The van der Waals surface area contributed by atoms with Crippen molar-refractivity contribution in [3.63, 3.8) is 0 Å². The number of fused-ring (bicyclic) bond motifs is 3. The summed E-state index contributed by atoms with van der Waals surface area (Å²) in [6, 6.07) is 12.6. The molecule has 2 aromatic carbocycles. The van der Waals surface area contributed by atoms with Gasteiger partial charge in [0.25, 0.3) is 0 Å². The van der Waals surface area contributed by atoms with Gasteiger partial charge in [0, 0.05) is 16.9 Å². The van der Waals surface area contributed by atoms with Gasteiger partial charge in [0.1, 0.15) is 12.1 Å². The van der Waals surface area contributed by atoms with Crippen LogP contribution in [0.3, 0.4) is 0 Å². The van der Waals surface area contributed by atoms with E-state index in [0.29, 0.717) is 5.82 Å². The van der Waals surface area contributed by atoms with Crippen LogP contribution in [0.4, 0.5) is 4.39 Å². The highest BCUT2D eigenvalue weighted by molar-refractivity contribution is 5.95. The van der Waals surface area contributed by atoms with Gasteiger partial charge in [-0.05, 0) is 80.8 Å². The van der Waals surface area contributed by atoms with E-state index < -0.39 is 0 Å². The molecule has 0 aliphatic rings. The van der Waals surface area contributed by atoms with Gasteiger partial charge in [-0.15, -0.1) is 5.10 Å². The highest BCUT2D eigenvalue weighted by atomic mass is 19.1. The van der Waals surface area contributed by atoms with Gasteiger partial charge < -0.3 is 0 Å². The fourth-order valence-corrected chi connectivity index (χ4v) is 3.76. The molecule has 3 heterocycles. The number of aromatic nitrogens is 5. The summed E-state index contributed by atoms with van der Waals surface area (Å²) in [6.07, 6.45) is 1.69. The Balaban J connectivity index is 1.77. The molecule has 3 aromatic heterocycles. The Kier molecular flexibility index (Phi) is 3.77. The van der Waals surface area contributed by atoms with Gasteiger partial charge in [-0.25, -0.2) is 18.9 Å². The molecule has 0 bridgehead atoms. The maximum absolute atomic E-state index is 13.3. The maximum atomic E-state index is 13.3. The van der Waals surface area contributed by atoms with E-state index in [0.717, 1.165) is 39.2 Å². The Labute approximate surface area is 167 Å². The lowest BCUT2D eigenvalue weighted by Crippen LogP contribution is -2.00. The zero-order chi connectivity index (χ0) is 20.3. The zero-order valence-electron chi connectivity index (χ0n) is 16.7. The van der Waals surface area contributed by atoms with Crippen LogP contribution in [0.1, 0.15) is 22.4 Å². The quantitative estimate of drug-likeness (QED) is 0.424. The summed E-state index contributed by atoms with van der Waals surface area (Å²) in [4.78, 5) is 9.46. The van der Waals surface area contributed by atoms with Crippen molar-refractivity contribution in [1.29, 1.82) is 0 Å². The van der Waals surface area contributed by atoms with Gasteiger partial charge in [-0.2, -0.15) is 0 Å². The summed E-state index contributed by atoms with van der Waals surface area (Å²) in [7, 11) is 0. The van der Waals surface area contributed by atoms with E-state index in [2.05, 4.69) is 55.6 Å². The third-order valence-electron chi connectivity index (χ3n) is 5.68. The van der Waals surface area contributed by atoms with E-state index in [4.69, 9.17) is 9.97 Å². The Morgan fingerprint density at radius 3 is 2.34 bits per heavy atom. The molecule has 0 fully saturated rings. The lowest BCUT2D eigenvalue weighted by molar-refractivity contribution is 0.628. The van der Waals surface area contributed by atoms with Crippen LogP contribution < -0.4 is 0 Å². The summed E-state index contributed by atoms with van der Waals surface area (Å²) >= 11 is 0. The molecule has 5 nitrogen and oxygen atoms in total. The van der Waals surface area contributed by atoms with Gasteiger partial charge in [0.15, 0.2) is 17.1 Å². The monoisotopic (exact) mass is 385 g/mol. The fraction of sp³-hybridized carbons (Fsp3) is 0.174. The second kappa shape index (κ2) is 6.24. The van der Waals surface area contributed by atoms with Gasteiger partial charge in [0.05, 0.1) is 5.39 Å². The largest absolute Gasteiger partial charge is 0.298 e. The molecular formula is C23H20FN5. The second-order valence-corrected chi connectivity index (χ2v) is 7.47. The van der Waals surface area contributed by atoms with Crippen molar-refractivity contribution in [1.82, 2.24) is 24.1 Å². The Morgan fingerprint density at radius 1 is 0.862 bits per heavy atom. The van der Waals surface area contributed by atoms with Crippen LogP contribution in [0, 0.1) is 33.5 Å². The first-order valence-electron chi connectivity index (χ1n) is 9.50. The van der Waals surface area contributed by atoms with Crippen LogP contribution in [-0.2, 0) is 0 Å². The third kappa shape index (κ3) is 2.63. The number of hydrogen-bond acceptors (Lipinski definition) is 3. The van der Waals surface area contributed by atoms with Crippen molar-refractivity contribution < 1.29 is 4.39 Å². The van der Waals surface area contributed by atoms with Crippen molar-refractivity contribution in [2.75, 3.05) is 0 Å². The van der Waals surface area contributed by atoms with Crippen molar-refractivity contribution in [2.24, 2.45) is 0 Å². The summed E-state index contributed by atoms with van der Waals surface area (Å²) in [6.45, 7) is 8.41.